The molecule has 0 aromatic rings. The Morgan fingerprint density at radius 3 is 2.00 bits per heavy atom. The first-order chi connectivity index (χ1) is 9.34. The second kappa shape index (κ2) is 6.55. The summed E-state index contributed by atoms with van der Waals surface area (Å²) in [5.74, 6) is 0. The summed E-state index contributed by atoms with van der Waals surface area (Å²) < 4.78 is 0. The van der Waals surface area contributed by atoms with Gasteiger partial charge in [-0.25, -0.2) is 0 Å². The van der Waals surface area contributed by atoms with Crippen molar-refractivity contribution in [2.75, 3.05) is 26.2 Å². The second-order valence-corrected chi connectivity index (χ2v) is 6.78. The molecule has 3 aliphatic rings. The van der Waals surface area contributed by atoms with Crippen LogP contribution in [-0.2, 0) is 0 Å². The van der Waals surface area contributed by atoms with Crippen molar-refractivity contribution in [1.29, 1.82) is 0 Å². The van der Waals surface area contributed by atoms with Crippen molar-refractivity contribution in [2.24, 2.45) is 0 Å². The first kappa shape index (κ1) is 13.8. The molecule has 0 amide bonds. The second-order valence-electron chi connectivity index (χ2n) is 6.78. The molecule has 2 aliphatic heterocycles. The maximum atomic E-state index is 10.2. The Balaban J connectivity index is 1.48. The molecule has 0 radical (unpaired) electrons. The lowest BCUT2D eigenvalue weighted by molar-refractivity contribution is -0.00539. The van der Waals surface area contributed by atoms with E-state index in [1.807, 2.05) is 0 Å². The van der Waals surface area contributed by atoms with Gasteiger partial charge in [-0.1, -0.05) is 19.3 Å². The van der Waals surface area contributed by atoms with E-state index in [2.05, 4.69) is 9.80 Å². The molecule has 3 fully saturated rings. The number of piperidine rings is 2. The SMILES string of the molecule is O[C@@H]1CCCC[C@H]1N1CCC(N2CCCCC2)CC1. The molecule has 110 valence electrons. The van der Waals surface area contributed by atoms with Crippen LogP contribution in [0.1, 0.15) is 57.8 Å². The molecule has 0 spiro atoms. The van der Waals surface area contributed by atoms with E-state index in [4.69, 9.17) is 0 Å². The van der Waals surface area contributed by atoms with Crippen molar-refractivity contribution in [3.63, 3.8) is 0 Å². The van der Waals surface area contributed by atoms with Crippen molar-refractivity contribution in [3.05, 3.63) is 0 Å². The molecular weight excluding hydrogens is 236 g/mol. The zero-order chi connectivity index (χ0) is 13.1. The van der Waals surface area contributed by atoms with E-state index < -0.39 is 0 Å². The summed E-state index contributed by atoms with van der Waals surface area (Å²) in [5.41, 5.74) is 0. The number of rotatable bonds is 2. The maximum absolute atomic E-state index is 10.2. The summed E-state index contributed by atoms with van der Waals surface area (Å²) in [5, 5.41) is 10.2. The lowest BCUT2D eigenvalue weighted by Crippen LogP contribution is -2.52. The third-order valence-corrected chi connectivity index (χ3v) is 5.57. The van der Waals surface area contributed by atoms with Gasteiger partial charge in [0.2, 0.25) is 0 Å². The van der Waals surface area contributed by atoms with E-state index in [0.29, 0.717) is 6.04 Å². The number of aliphatic hydroxyl groups is 1. The molecule has 0 aromatic heterocycles. The van der Waals surface area contributed by atoms with Crippen LogP contribution in [0, 0.1) is 0 Å². The van der Waals surface area contributed by atoms with E-state index in [0.717, 1.165) is 12.5 Å². The molecule has 3 heteroatoms. The predicted octanol–water partition coefficient (Wildman–Crippen LogP) is 2.24. The summed E-state index contributed by atoms with van der Waals surface area (Å²) >= 11 is 0. The zero-order valence-electron chi connectivity index (χ0n) is 12.3. The normalized spacial score (nSPS) is 36.5. The quantitative estimate of drug-likeness (QED) is 0.830. The molecule has 0 bridgehead atoms. The fraction of sp³-hybridized carbons (Fsp3) is 1.00. The topological polar surface area (TPSA) is 26.7 Å². The summed E-state index contributed by atoms with van der Waals surface area (Å²) in [7, 11) is 0. The summed E-state index contributed by atoms with van der Waals surface area (Å²) in [4.78, 5) is 5.32. The lowest BCUT2D eigenvalue weighted by atomic mass is 9.89. The van der Waals surface area contributed by atoms with Crippen LogP contribution in [-0.4, -0.2) is 59.3 Å². The first-order valence-electron chi connectivity index (χ1n) is 8.51. The fourth-order valence-corrected chi connectivity index (χ4v) is 4.38. The Bertz CT molecular complexity index is 270. The molecule has 0 aromatic carbocycles. The molecule has 0 unspecified atom stereocenters. The van der Waals surface area contributed by atoms with Crippen LogP contribution < -0.4 is 0 Å². The van der Waals surface area contributed by atoms with Crippen LogP contribution in [0.4, 0.5) is 0 Å². The highest BCUT2D eigenvalue weighted by Crippen LogP contribution is 2.27. The molecule has 3 nitrogen and oxygen atoms in total. The smallest absolute Gasteiger partial charge is 0.0695 e. The van der Waals surface area contributed by atoms with E-state index in [9.17, 15) is 5.11 Å². The maximum Gasteiger partial charge on any atom is 0.0695 e. The monoisotopic (exact) mass is 266 g/mol. The molecule has 2 saturated heterocycles. The van der Waals surface area contributed by atoms with Gasteiger partial charge in [-0.2, -0.15) is 0 Å². The summed E-state index contributed by atoms with van der Waals surface area (Å²) in [6.45, 7) is 5.08. The van der Waals surface area contributed by atoms with Crippen LogP contribution in [0.15, 0.2) is 0 Å². The zero-order valence-corrected chi connectivity index (χ0v) is 12.3. The van der Waals surface area contributed by atoms with Crippen molar-refractivity contribution in [2.45, 2.75) is 76.0 Å². The van der Waals surface area contributed by atoms with Crippen LogP contribution in [0.25, 0.3) is 0 Å². The number of hydrogen-bond donors (Lipinski definition) is 1. The number of hydrogen-bond acceptors (Lipinski definition) is 3. The van der Waals surface area contributed by atoms with Gasteiger partial charge < -0.3 is 10.0 Å². The molecule has 19 heavy (non-hydrogen) atoms. The van der Waals surface area contributed by atoms with Gasteiger partial charge in [0.05, 0.1) is 6.10 Å². The minimum atomic E-state index is -0.0553. The van der Waals surface area contributed by atoms with Gasteiger partial charge in [0, 0.05) is 25.2 Å². The Kier molecular flexibility index (Phi) is 4.78. The third kappa shape index (κ3) is 3.32. The predicted molar refractivity (Wildman–Crippen MR) is 78.3 cm³/mol. The lowest BCUT2D eigenvalue weighted by Gasteiger charge is -2.44. The van der Waals surface area contributed by atoms with E-state index in [1.54, 1.807) is 0 Å². The van der Waals surface area contributed by atoms with Crippen LogP contribution in [0.2, 0.25) is 0 Å². The van der Waals surface area contributed by atoms with Gasteiger partial charge in [0.25, 0.3) is 0 Å². The molecule has 1 saturated carbocycles. The Morgan fingerprint density at radius 2 is 1.32 bits per heavy atom. The van der Waals surface area contributed by atoms with Crippen molar-refractivity contribution in [1.82, 2.24) is 9.80 Å². The van der Waals surface area contributed by atoms with E-state index in [1.165, 1.54) is 77.5 Å². The van der Waals surface area contributed by atoms with Crippen molar-refractivity contribution >= 4 is 0 Å². The van der Waals surface area contributed by atoms with Crippen molar-refractivity contribution < 1.29 is 5.11 Å². The number of likely N-dealkylation sites (tertiary alicyclic amines) is 2. The van der Waals surface area contributed by atoms with Crippen LogP contribution in [0.3, 0.4) is 0 Å². The summed E-state index contributed by atoms with van der Waals surface area (Å²) in [6.07, 6.45) is 11.6. The highest BCUT2D eigenvalue weighted by Gasteiger charge is 2.32. The molecular formula is C16H30N2O. The number of aliphatic hydroxyl groups excluding tert-OH is 1. The summed E-state index contributed by atoms with van der Waals surface area (Å²) in [6, 6.07) is 1.30. The average molecular weight is 266 g/mol. The third-order valence-electron chi connectivity index (χ3n) is 5.57. The van der Waals surface area contributed by atoms with Gasteiger partial charge in [-0.05, 0) is 51.6 Å². The Hall–Kier alpha value is -0.120. The first-order valence-corrected chi connectivity index (χ1v) is 8.51. The minimum Gasteiger partial charge on any atom is -0.391 e. The van der Waals surface area contributed by atoms with Crippen molar-refractivity contribution in [3.8, 4) is 0 Å². The molecule has 1 N–H and O–H groups in total. The molecule has 2 heterocycles. The largest absolute Gasteiger partial charge is 0.391 e. The highest BCUT2D eigenvalue weighted by molar-refractivity contribution is 4.88. The average Bonchev–Trinajstić information content (AvgIpc) is 2.49. The fourth-order valence-electron chi connectivity index (χ4n) is 4.38. The van der Waals surface area contributed by atoms with Gasteiger partial charge in [-0.15, -0.1) is 0 Å². The molecule has 1 aliphatic carbocycles. The van der Waals surface area contributed by atoms with Gasteiger partial charge in [-0.3, -0.25) is 4.90 Å². The Labute approximate surface area is 118 Å². The van der Waals surface area contributed by atoms with Crippen LogP contribution in [0.5, 0.6) is 0 Å². The van der Waals surface area contributed by atoms with E-state index >= 15 is 0 Å². The molecule has 3 rings (SSSR count). The molecule has 2 atom stereocenters. The number of nitrogens with zero attached hydrogens (tertiary/aromatic N) is 2. The van der Waals surface area contributed by atoms with E-state index in [-0.39, 0.29) is 6.10 Å². The minimum absolute atomic E-state index is 0.0553. The Morgan fingerprint density at radius 1 is 0.632 bits per heavy atom. The van der Waals surface area contributed by atoms with Crippen LogP contribution >= 0.6 is 0 Å². The van der Waals surface area contributed by atoms with Gasteiger partial charge >= 0.3 is 0 Å². The highest BCUT2D eigenvalue weighted by atomic mass is 16.3. The standard InChI is InChI=1S/C16H30N2O/c19-16-7-3-2-6-15(16)18-12-8-14(9-13-18)17-10-4-1-5-11-17/h14-16,19H,1-13H2/t15-,16-/m1/s1. The van der Waals surface area contributed by atoms with Gasteiger partial charge in [0.15, 0.2) is 0 Å². The van der Waals surface area contributed by atoms with Gasteiger partial charge in [0.1, 0.15) is 0 Å².